The van der Waals surface area contributed by atoms with E-state index in [1.54, 1.807) is 7.11 Å². The van der Waals surface area contributed by atoms with Crippen LogP contribution in [0.3, 0.4) is 0 Å². The maximum absolute atomic E-state index is 13.1. The molecule has 0 spiro atoms. The number of methoxy groups -OCH3 is 1. The van der Waals surface area contributed by atoms with Crippen LogP contribution in [0.25, 0.3) is 0 Å². The third kappa shape index (κ3) is 3.96. The van der Waals surface area contributed by atoms with E-state index in [2.05, 4.69) is 43.9 Å². The van der Waals surface area contributed by atoms with E-state index in [1.807, 2.05) is 0 Å². The van der Waals surface area contributed by atoms with Gasteiger partial charge in [-0.15, -0.1) is 0 Å². The third-order valence-corrected chi connectivity index (χ3v) is 5.38. The van der Waals surface area contributed by atoms with Crippen molar-refractivity contribution in [3.63, 3.8) is 0 Å². The van der Waals surface area contributed by atoms with Crippen molar-refractivity contribution in [3.05, 3.63) is 0 Å². The molecule has 22 heavy (non-hydrogen) atoms. The van der Waals surface area contributed by atoms with E-state index in [0.29, 0.717) is 24.3 Å². The maximum atomic E-state index is 13.1. The van der Waals surface area contributed by atoms with E-state index in [9.17, 15) is 8.78 Å². The fourth-order valence-electron chi connectivity index (χ4n) is 4.13. The van der Waals surface area contributed by atoms with Gasteiger partial charge in [0, 0.05) is 19.1 Å². The molecule has 2 aliphatic rings. The summed E-state index contributed by atoms with van der Waals surface area (Å²) in [4.78, 5) is 0. The van der Waals surface area contributed by atoms with Gasteiger partial charge in [0.1, 0.15) is 6.23 Å². The van der Waals surface area contributed by atoms with E-state index in [-0.39, 0.29) is 17.6 Å². The van der Waals surface area contributed by atoms with Gasteiger partial charge in [0.05, 0.1) is 6.04 Å². The topological polar surface area (TPSA) is 45.3 Å². The Morgan fingerprint density at radius 2 is 1.77 bits per heavy atom. The molecule has 2 aliphatic heterocycles. The minimum absolute atomic E-state index is 0.0963. The number of hydrazine groups is 1. The fraction of sp³-hybridized carbons (Fsp3) is 1.00. The number of hydrogen-bond donors (Lipinski definition) is 3. The molecule has 2 fully saturated rings. The Morgan fingerprint density at radius 1 is 1.09 bits per heavy atom. The lowest BCUT2D eigenvalue weighted by atomic mass is 9.63. The van der Waals surface area contributed by atoms with Crippen molar-refractivity contribution in [2.24, 2.45) is 23.2 Å². The van der Waals surface area contributed by atoms with E-state index in [0.717, 1.165) is 13.0 Å². The van der Waals surface area contributed by atoms with Crippen molar-refractivity contribution in [2.45, 2.75) is 65.3 Å². The molecule has 6 heteroatoms. The summed E-state index contributed by atoms with van der Waals surface area (Å²) >= 11 is 0. The Hall–Kier alpha value is -0.300. The lowest BCUT2D eigenvalue weighted by molar-refractivity contribution is -0.0903. The molecule has 0 aliphatic carbocycles. The molecule has 0 aromatic heterocycles. The Kier molecular flexibility index (Phi) is 5.80. The minimum atomic E-state index is -2.36. The molecule has 6 atom stereocenters. The van der Waals surface area contributed by atoms with E-state index < -0.39 is 12.5 Å². The summed E-state index contributed by atoms with van der Waals surface area (Å²) in [6.07, 6.45) is -1.12. The van der Waals surface area contributed by atoms with Crippen LogP contribution >= 0.6 is 0 Å². The zero-order valence-corrected chi connectivity index (χ0v) is 14.3. The molecule has 0 bridgehead atoms. The Morgan fingerprint density at radius 3 is 2.32 bits per heavy atom. The van der Waals surface area contributed by atoms with Gasteiger partial charge in [-0.05, 0) is 43.6 Å². The third-order valence-electron chi connectivity index (χ3n) is 5.38. The molecule has 4 nitrogen and oxygen atoms in total. The van der Waals surface area contributed by atoms with Gasteiger partial charge >= 0.3 is 0 Å². The number of halogens is 2. The second-order valence-corrected chi connectivity index (χ2v) is 7.97. The van der Waals surface area contributed by atoms with Gasteiger partial charge in [-0.25, -0.2) is 19.6 Å². The van der Waals surface area contributed by atoms with E-state index in [1.165, 1.54) is 0 Å². The largest absolute Gasteiger partial charge is 0.365 e. The lowest BCUT2D eigenvalue weighted by Gasteiger charge is -2.50. The minimum Gasteiger partial charge on any atom is -0.365 e. The van der Waals surface area contributed by atoms with Gasteiger partial charge in [-0.3, -0.25) is 0 Å². The zero-order valence-electron chi connectivity index (χ0n) is 14.3. The Balaban J connectivity index is 2.21. The Bertz CT molecular complexity index is 362. The summed E-state index contributed by atoms with van der Waals surface area (Å²) in [5.41, 5.74) is 5.81. The van der Waals surface area contributed by atoms with E-state index in [4.69, 9.17) is 4.74 Å². The maximum Gasteiger partial charge on any atom is 0.255 e. The van der Waals surface area contributed by atoms with Crippen LogP contribution in [0, 0.1) is 23.2 Å². The molecule has 0 aromatic carbocycles. The highest BCUT2D eigenvalue weighted by molar-refractivity contribution is 4.96. The van der Waals surface area contributed by atoms with Crippen LogP contribution < -0.4 is 16.2 Å². The molecule has 0 amide bonds. The summed E-state index contributed by atoms with van der Waals surface area (Å²) in [7, 11) is 1.64. The SMILES string of the molecule is COC1NNC(C(F)F)CC1C1CC(C)NCC1C(C)(C)C. The molecule has 2 saturated heterocycles. The van der Waals surface area contributed by atoms with E-state index >= 15 is 0 Å². The molecule has 2 rings (SSSR count). The van der Waals surface area contributed by atoms with Crippen molar-refractivity contribution in [1.29, 1.82) is 0 Å². The van der Waals surface area contributed by atoms with Gasteiger partial charge in [0.25, 0.3) is 6.43 Å². The summed E-state index contributed by atoms with van der Waals surface area (Å²) in [6.45, 7) is 9.83. The number of alkyl halides is 2. The van der Waals surface area contributed by atoms with Gasteiger partial charge in [-0.2, -0.15) is 0 Å². The van der Waals surface area contributed by atoms with Gasteiger partial charge < -0.3 is 10.1 Å². The predicted octanol–water partition coefficient (Wildman–Crippen LogP) is 2.37. The van der Waals surface area contributed by atoms with Gasteiger partial charge in [0.2, 0.25) is 0 Å². The summed E-state index contributed by atoms with van der Waals surface area (Å²) < 4.78 is 31.8. The van der Waals surface area contributed by atoms with Crippen molar-refractivity contribution in [2.75, 3.05) is 13.7 Å². The molecule has 0 radical (unpaired) electrons. The second kappa shape index (κ2) is 7.07. The highest BCUT2D eigenvalue weighted by Crippen LogP contribution is 2.43. The number of rotatable bonds is 3. The average molecular weight is 319 g/mol. The average Bonchev–Trinajstić information content (AvgIpc) is 2.45. The fourth-order valence-corrected chi connectivity index (χ4v) is 4.13. The standard InChI is InChI=1S/C16H31F2N3O/c1-9-6-10(12(8-19-9)16(2,3)4)11-7-13(14(17)18)20-21-15(11)22-5/h9-15,19-21H,6-8H2,1-5H3. The van der Waals surface area contributed by atoms with Crippen LogP contribution in [-0.2, 0) is 4.74 Å². The molecule has 2 heterocycles. The first-order chi connectivity index (χ1) is 10.2. The number of nitrogens with one attached hydrogen (secondary N) is 3. The molecular weight excluding hydrogens is 288 g/mol. The van der Waals surface area contributed by atoms with Crippen LogP contribution in [0.5, 0.6) is 0 Å². The Labute approximate surface area is 132 Å². The molecular formula is C16H31F2N3O. The monoisotopic (exact) mass is 319 g/mol. The smallest absolute Gasteiger partial charge is 0.255 e. The highest BCUT2D eigenvalue weighted by Gasteiger charge is 2.46. The first-order valence-corrected chi connectivity index (χ1v) is 8.29. The molecule has 0 saturated carbocycles. The normalized spacial score (nSPS) is 40.9. The van der Waals surface area contributed by atoms with Crippen LogP contribution in [0.1, 0.15) is 40.5 Å². The van der Waals surface area contributed by atoms with Gasteiger partial charge in [-0.1, -0.05) is 20.8 Å². The van der Waals surface area contributed by atoms with Crippen molar-refractivity contribution >= 4 is 0 Å². The first kappa shape index (κ1) is 18.0. The number of ether oxygens (including phenoxy) is 1. The van der Waals surface area contributed by atoms with Crippen LogP contribution in [0.2, 0.25) is 0 Å². The zero-order chi connectivity index (χ0) is 16.5. The predicted molar refractivity (Wildman–Crippen MR) is 83.5 cm³/mol. The number of piperidine rings is 1. The molecule has 6 unspecified atom stereocenters. The molecule has 0 aromatic rings. The number of hydrogen-bond acceptors (Lipinski definition) is 4. The summed E-state index contributed by atoms with van der Waals surface area (Å²) in [5.74, 6) is 0.917. The van der Waals surface area contributed by atoms with Crippen LogP contribution in [-0.4, -0.2) is 38.4 Å². The van der Waals surface area contributed by atoms with Crippen LogP contribution in [0.15, 0.2) is 0 Å². The molecule has 130 valence electrons. The summed E-state index contributed by atoms with van der Waals surface area (Å²) in [5, 5.41) is 3.55. The quantitative estimate of drug-likeness (QED) is 0.747. The first-order valence-electron chi connectivity index (χ1n) is 8.29. The lowest BCUT2D eigenvalue weighted by Crippen LogP contribution is -2.62. The van der Waals surface area contributed by atoms with Crippen molar-refractivity contribution in [3.8, 4) is 0 Å². The van der Waals surface area contributed by atoms with Crippen molar-refractivity contribution < 1.29 is 13.5 Å². The van der Waals surface area contributed by atoms with Crippen LogP contribution in [0.4, 0.5) is 8.78 Å². The van der Waals surface area contributed by atoms with Crippen molar-refractivity contribution in [1.82, 2.24) is 16.2 Å². The highest BCUT2D eigenvalue weighted by atomic mass is 19.3. The second-order valence-electron chi connectivity index (χ2n) is 7.97. The molecule has 3 N–H and O–H groups in total. The van der Waals surface area contributed by atoms with Gasteiger partial charge in [0.15, 0.2) is 0 Å². The summed E-state index contributed by atoms with van der Waals surface area (Å²) in [6, 6.07) is -0.386.